The molecule has 1 aromatic carbocycles. The molecule has 0 bridgehead atoms. The predicted molar refractivity (Wildman–Crippen MR) is 90.2 cm³/mol. The summed E-state index contributed by atoms with van der Waals surface area (Å²) in [5.74, 6) is 2.70. The van der Waals surface area contributed by atoms with Crippen LogP contribution >= 0.6 is 0 Å². The Kier molecular flexibility index (Phi) is 5.39. The molecular weight excluding hydrogens is 310 g/mol. The maximum Gasteiger partial charge on any atom is 0.252 e. The van der Waals surface area contributed by atoms with Gasteiger partial charge in [-0.05, 0) is 39.0 Å². The summed E-state index contributed by atoms with van der Waals surface area (Å²) in [6, 6.07) is 4.98. The lowest BCUT2D eigenvalue weighted by Crippen LogP contribution is -2.26. The highest BCUT2D eigenvalue weighted by Gasteiger charge is 2.20. The SMILES string of the molecule is COc1cc(C(=O)N[C@@H](C)c2cc(C)oc2C)cc(OC)c1OC. The summed E-state index contributed by atoms with van der Waals surface area (Å²) in [5, 5.41) is 2.96. The average molecular weight is 333 g/mol. The van der Waals surface area contributed by atoms with E-state index in [1.54, 1.807) is 12.1 Å². The number of carbonyl (C=O) groups excluding carboxylic acids is 1. The summed E-state index contributed by atoms with van der Waals surface area (Å²) < 4.78 is 21.3. The average Bonchev–Trinajstić information content (AvgIpc) is 2.91. The van der Waals surface area contributed by atoms with Crippen LogP contribution in [0, 0.1) is 13.8 Å². The highest BCUT2D eigenvalue weighted by Crippen LogP contribution is 2.38. The molecule has 0 spiro atoms. The molecule has 1 heterocycles. The van der Waals surface area contributed by atoms with E-state index in [1.165, 1.54) is 21.3 Å². The van der Waals surface area contributed by atoms with Crippen molar-refractivity contribution in [3.05, 3.63) is 40.8 Å². The molecule has 0 radical (unpaired) electrons. The Morgan fingerprint density at radius 3 is 2.04 bits per heavy atom. The first kappa shape index (κ1) is 17.7. The molecule has 1 N–H and O–H groups in total. The molecule has 2 rings (SSSR count). The molecule has 0 saturated carbocycles. The smallest absolute Gasteiger partial charge is 0.252 e. The van der Waals surface area contributed by atoms with Crippen LogP contribution in [0.3, 0.4) is 0 Å². The normalized spacial score (nSPS) is 11.8. The fraction of sp³-hybridized carbons (Fsp3) is 0.389. The van der Waals surface area contributed by atoms with Gasteiger partial charge in [-0.1, -0.05) is 0 Å². The van der Waals surface area contributed by atoms with Gasteiger partial charge in [-0.2, -0.15) is 0 Å². The predicted octanol–water partition coefficient (Wildman–Crippen LogP) is 3.41. The van der Waals surface area contributed by atoms with Gasteiger partial charge in [0.1, 0.15) is 11.5 Å². The lowest BCUT2D eigenvalue weighted by Gasteiger charge is -2.16. The number of furan rings is 1. The fourth-order valence-electron chi connectivity index (χ4n) is 2.65. The molecule has 6 heteroatoms. The van der Waals surface area contributed by atoms with E-state index in [4.69, 9.17) is 18.6 Å². The number of hydrogen-bond donors (Lipinski definition) is 1. The molecule has 2 aromatic rings. The quantitative estimate of drug-likeness (QED) is 0.877. The van der Waals surface area contributed by atoms with Crippen molar-refractivity contribution in [2.75, 3.05) is 21.3 Å². The molecular formula is C18H23NO5. The van der Waals surface area contributed by atoms with Gasteiger partial charge in [-0.3, -0.25) is 4.79 Å². The first-order valence-corrected chi connectivity index (χ1v) is 7.59. The van der Waals surface area contributed by atoms with Gasteiger partial charge in [0.15, 0.2) is 11.5 Å². The molecule has 130 valence electrons. The highest BCUT2D eigenvalue weighted by atomic mass is 16.5. The van der Waals surface area contributed by atoms with Gasteiger partial charge in [0, 0.05) is 11.1 Å². The van der Waals surface area contributed by atoms with Crippen molar-refractivity contribution in [1.82, 2.24) is 5.32 Å². The second-order valence-corrected chi connectivity index (χ2v) is 5.48. The van der Waals surface area contributed by atoms with E-state index in [-0.39, 0.29) is 11.9 Å². The Labute approximate surface area is 141 Å². The number of carbonyl (C=O) groups is 1. The van der Waals surface area contributed by atoms with E-state index >= 15 is 0 Å². The lowest BCUT2D eigenvalue weighted by atomic mass is 10.1. The molecule has 1 atom stereocenters. The van der Waals surface area contributed by atoms with Crippen LogP contribution in [0.1, 0.15) is 40.4 Å². The van der Waals surface area contributed by atoms with Crippen LogP contribution in [-0.4, -0.2) is 27.2 Å². The number of aryl methyl sites for hydroxylation is 2. The summed E-state index contributed by atoms with van der Waals surface area (Å²) in [7, 11) is 4.55. The van der Waals surface area contributed by atoms with Gasteiger partial charge in [0.25, 0.3) is 5.91 Å². The largest absolute Gasteiger partial charge is 0.493 e. The van der Waals surface area contributed by atoms with Crippen LogP contribution in [-0.2, 0) is 0 Å². The van der Waals surface area contributed by atoms with E-state index in [0.29, 0.717) is 22.8 Å². The molecule has 1 amide bonds. The van der Waals surface area contributed by atoms with Gasteiger partial charge >= 0.3 is 0 Å². The van der Waals surface area contributed by atoms with Crippen molar-refractivity contribution in [1.29, 1.82) is 0 Å². The van der Waals surface area contributed by atoms with Crippen molar-refractivity contribution in [3.8, 4) is 17.2 Å². The maximum atomic E-state index is 12.6. The molecule has 0 aliphatic carbocycles. The zero-order valence-electron chi connectivity index (χ0n) is 14.9. The molecule has 0 aliphatic rings. The molecule has 0 fully saturated rings. The molecule has 1 aromatic heterocycles. The zero-order chi connectivity index (χ0) is 17.9. The lowest BCUT2D eigenvalue weighted by molar-refractivity contribution is 0.0939. The summed E-state index contributed by atoms with van der Waals surface area (Å²) >= 11 is 0. The van der Waals surface area contributed by atoms with Gasteiger partial charge in [-0.25, -0.2) is 0 Å². The minimum atomic E-state index is -0.236. The highest BCUT2D eigenvalue weighted by molar-refractivity contribution is 5.95. The van der Waals surface area contributed by atoms with E-state index in [0.717, 1.165) is 17.1 Å². The monoisotopic (exact) mass is 333 g/mol. The third-order valence-corrected chi connectivity index (χ3v) is 3.82. The van der Waals surface area contributed by atoms with Crippen molar-refractivity contribution in [3.63, 3.8) is 0 Å². The van der Waals surface area contributed by atoms with Crippen LogP contribution in [0.2, 0.25) is 0 Å². The molecule has 6 nitrogen and oxygen atoms in total. The number of rotatable bonds is 6. The van der Waals surface area contributed by atoms with E-state index in [1.807, 2.05) is 26.8 Å². The minimum Gasteiger partial charge on any atom is -0.493 e. The van der Waals surface area contributed by atoms with Crippen LogP contribution in [0.4, 0.5) is 0 Å². The minimum absolute atomic E-state index is 0.186. The Bertz CT molecular complexity index is 710. The maximum absolute atomic E-state index is 12.6. The third-order valence-electron chi connectivity index (χ3n) is 3.82. The Balaban J connectivity index is 2.28. The van der Waals surface area contributed by atoms with E-state index in [9.17, 15) is 4.79 Å². The summed E-state index contributed by atoms with van der Waals surface area (Å²) in [4.78, 5) is 12.6. The fourth-order valence-corrected chi connectivity index (χ4v) is 2.65. The van der Waals surface area contributed by atoms with Crippen LogP contribution < -0.4 is 19.5 Å². The van der Waals surface area contributed by atoms with E-state index in [2.05, 4.69) is 5.32 Å². The van der Waals surface area contributed by atoms with Crippen molar-refractivity contribution >= 4 is 5.91 Å². The second kappa shape index (κ2) is 7.29. The number of methoxy groups -OCH3 is 3. The standard InChI is InChI=1S/C18H23NO5/c1-10-7-14(12(3)24-10)11(2)19-18(20)13-8-15(21-4)17(23-6)16(9-13)22-5/h7-9,11H,1-6H3,(H,19,20)/t11-/m0/s1. The number of nitrogens with one attached hydrogen (secondary N) is 1. The second-order valence-electron chi connectivity index (χ2n) is 5.48. The molecule has 0 aliphatic heterocycles. The molecule has 24 heavy (non-hydrogen) atoms. The first-order valence-electron chi connectivity index (χ1n) is 7.59. The Morgan fingerprint density at radius 2 is 1.62 bits per heavy atom. The van der Waals surface area contributed by atoms with Crippen molar-refractivity contribution in [2.24, 2.45) is 0 Å². The van der Waals surface area contributed by atoms with Gasteiger partial charge in [0.2, 0.25) is 5.75 Å². The van der Waals surface area contributed by atoms with Crippen LogP contribution in [0.15, 0.2) is 22.6 Å². The summed E-state index contributed by atoms with van der Waals surface area (Å²) in [6.07, 6.45) is 0. The number of ether oxygens (including phenoxy) is 3. The first-order chi connectivity index (χ1) is 11.4. The van der Waals surface area contributed by atoms with Crippen molar-refractivity contribution < 1.29 is 23.4 Å². The Hall–Kier alpha value is -2.63. The third kappa shape index (κ3) is 3.48. The Morgan fingerprint density at radius 1 is 1.04 bits per heavy atom. The number of amides is 1. The summed E-state index contributed by atoms with van der Waals surface area (Å²) in [5.41, 5.74) is 1.38. The number of benzene rings is 1. The topological polar surface area (TPSA) is 69.9 Å². The van der Waals surface area contributed by atoms with Crippen LogP contribution in [0.25, 0.3) is 0 Å². The van der Waals surface area contributed by atoms with E-state index < -0.39 is 0 Å². The van der Waals surface area contributed by atoms with Gasteiger partial charge in [0.05, 0.1) is 27.4 Å². The van der Waals surface area contributed by atoms with Crippen molar-refractivity contribution in [2.45, 2.75) is 26.8 Å². The molecule has 0 saturated heterocycles. The van der Waals surface area contributed by atoms with Gasteiger partial charge < -0.3 is 23.9 Å². The zero-order valence-corrected chi connectivity index (χ0v) is 14.9. The number of hydrogen-bond acceptors (Lipinski definition) is 5. The van der Waals surface area contributed by atoms with Gasteiger partial charge in [-0.15, -0.1) is 0 Å². The van der Waals surface area contributed by atoms with Crippen LogP contribution in [0.5, 0.6) is 17.2 Å². The molecule has 0 unspecified atom stereocenters. The summed E-state index contributed by atoms with van der Waals surface area (Å²) in [6.45, 7) is 5.67.